The lowest BCUT2D eigenvalue weighted by Crippen LogP contribution is -2.20. The summed E-state index contributed by atoms with van der Waals surface area (Å²) in [5, 5.41) is 3.51. The van der Waals surface area contributed by atoms with Crippen molar-refractivity contribution in [3.63, 3.8) is 0 Å². The Bertz CT molecular complexity index is 893. The van der Waals surface area contributed by atoms with Crippen LogP contribution in [0.25, 0.3) is 6.08 Å². The topological polar surface area (TPSA) is 51.2 Å². The number of hydrogen-bond acceptors (Lipinski definition) is 3. The van der Waals surface area contributed by atoms with Crippen LogP contribution in [0.5, 0.6) is 11.6 Å². The molecule has 26 heavy (non-hydrogen) atoms. The molecule has 0 spiro atoms. The minimum absolute atomic E-state index is 0.170. The Hall–Kier alpha value is -3.11. The van der Waals surface area contributed by atoms with Crippen molar-refractivity contribution in [2.24, 2.45) is 0 Å². The van der Waals surface area contributed by atoms with Gasteiger partial charge >= 0.3 is 0 Å². The second-order valence-corrected chi connectivity index (χ2v) is 5.96. The molecule has 0 aliphatic rings. The molecular formula is C21H17ClN2O2. The zero-order valence-electron chi connectivity index (χ0n) is 13.9. The highest BCUT2D eigenvalue weighted by molar-refractivity contribution is 6.30. The Labute approximate surface area is 157 Å². The number of carbonyl (C=O) groups excluding carboxylic acids is 1. The van der Waals surface area contributed by atoms with E-state index in [4.69, 9.17) is 16.3 Å². The van der Waals surface area contributed by atoms with Gasteiger partial charge in [0.05, 0.1) is 0 Å². The Balaban J connectivity index is 1.55. The zero-order valence-corrected chi connectivity index (χ0v) is 14.7. The van der Waals surface area contributed by atoms with Crippen molar-refractivity contribution in [2.45, 2.75) is 6.54 Å². The molecule has 0 aliphatic carbocycles. The van der Waals surface area contributed by atoms with Crippen LogP contribution in [0.3, 0.4) is 0 Å². The predicted molar refractivity (Wildman–Crippen MR) is 103 cm³/mol. The molecule has 0 radical (unpaired) electrons. The van der Waals surface area contributed by atoms with Crippen molar-refractivity contribution >= 4 is 23.6 Å². The van der Waals surface area contributed by atoms with E-state index in [9.17, 15) is 4.79 Å². The summed E-state index contributed by atoms with van der Waals surface area (Å²) in [6.07, 6.45) is 4.91. The van der Waals surface area contributed by atoms with Gasteiger partial charge in [0.25, 0.3) is 0 Å². The summed E-state index contributed by atoms with van der Waals surface area (Å²) in [5.74, 6) is 1.03. The van der Waals surface area contributed by atoms with Crippen molar-refractivity contribution in [3.8, 4) is 11.6 Å². The molecule has 0 saturated heterocycles. The molecular weight excluding hydrogens is 348 g/mol. The quantitative estimate of drug-likeness (QED) is 0.635. The molecule has 4 nitrogen and oxygen atoms in total. The minimum atomic E-state index is -0.170. The van der Waals surface area contributed by atoms with Gasteiger partial charge in [-0.2, -0.15) is 0 Å². The van der Waals surface area contributed by atoms with Gasteiger partial charge in [0.2, 0.25) is 11.8 Å². The molecule has 3 aromatic rings. The summed E-state index contributed by atoms with van der Waals surface area (Å²) in [6, 6.07) is 20.3. The first-order chi connectivity index (χ1) is 12.7. The number of carbonyl (C=O) groups is 1. The van der Waals surface area contributed by atoms with Crippen LogP contribution < -0.4 is 10.1 Å². The molecule has 0 aliphatic heterocycles. The number of aromatic nitrogens is 1. The Morgan fingerprint density at radius 2 is 1.92 bits per heavy atom. The lowest BCUT2D eigenvalue weighted by atomic mass is 10.2. The first kappa shape index (κ1) is 17.7. The van der Waals surface area contributed by atoms with Gasteiger partial charge in [0.15, 0.2) is 0 Å². The maximum absolute atomic E-state index is 12.0. The first-order valence-corrected chi connectivity index (χ1v) is 8.46. The number of hydrogen-bond donors (Lipinski definition) is 1. The highest BCUT2D eigenvalue weighted by Gasteiger charge is 2.01. The molecule has 1 aromatic heterocycles. The van der Waals surface area contributed by atoms with Crippen molar-refractivity contribution in [1.82, 2.24) is 10.3 Å². The summed E-state index contributed by atoms with van der Waals surface area (Å²) in [4.78, 5) is 16.1. The summed E-state index contributed by atoms with van der Waals surface area (Å²) in [5.41, 5.74) is 1.85. The van der Waals surface area contributed by atoms with Crippen molar-refractivity contribution in [1.29, 1.82) is 0 Å². The third-order valence-corrected chi connectivity index (χ3v) is 3.77. The fraction of sp³-hybridized carbons (Fsp3) is 0.0476. The SMILES string of the molecule is O=C(/C=C/c1ccc(Cl)cc1)NCc1cccc(Oc2ccccn2)c1. The molecule has 1 heterocycles. The van der Waals surface area contributed by atoms with Crippen molar-refractivity contribution in [3.05, 3.63) is 95.2 Å². The molecule has 0 fully saturated rings. The fourth-order valence-corrected chi connectivity index (χ4v) is 2.37. The van der Waals surface area contributed by atoms with E-state index in [1.54, 1.807) is 30.5 Å². The average Bonchev–Trinajstić information content (AvgIpc) is 2.67. The van der Waals surface area contributed by atoms with Crippen molar-refractivity contribution in [2.75, 3.05) is 0 Å². The van der Waals surface area contributed by atoms with Crippen LogP contribution in [-0.2, 0) is 11.3 Å². The number of benzene rings is 2. The van der Waals surface area contributed by atoms with Crippen molar-refractivity contribution < 1.29 is 9.53 Å². The predicted octanol–water partition coefficient (Wildman–Crippen LogP) is 4.86. The van der Waals surface area contributed by atoms with Crippen LogP contribution in [0.2, 0.25) is 5.02 Å². The highest BCUT2D eigenvalue weighted by Crippen LogP contribution is 2.20. The maximum Gasteiger partial charge on any atom is 0.244 e. The number of amides is 1. The fourth-order valence-electron chi connectivity index (χ4n) is 2.24. The highest BCUT2D eigenvalue weighted by atomic mass is 35.5. The van der Waals surface area contributed by atoms with Crippen LogP contribution in [0.4, 0.5) is 0 Å². The maximum atomic E-state index is 12.0. The third-order valence-electron chi connectivity index (χ3n) is 3.52. The molecule has 1 N–H and O–H groups in total. The van der Waals surface area contributed by atoms with E-state index >= 15 is 0 Å². The number of rotatable bonds is 6. The lowest BCUT2D eigenvalue weighted by Gasteiger charge is -2.07. The van der Waals surface area contributed by atoms with E-state index in [1.165, 1.54) is 6.08 Å². The summed E-state index contributed by atoms with van der Waals surface area (Å²) in [7, 11) is 0. The van der Waals surface area contributed by atoms with Gasteiger partial charge in [0.1, 0.15) is 5.75 Å². The third kappa shape index (κ3) is 5.46. The molecule has 2 aromatic carbocycles. The largest absolute Gasteiger partial charge is 0.439 e. The van der Waals surface area contributed by atoms with Gasteiger partial charge in [-0.05, 0) is 47.5 Å². The van der Waals surface area contributed by atoms with E-state index in [0.717, 1.165) is 11.1 Å². The second kappa shape index (κ2) is 8.83. The van der Waals surface area contributed by atoms with Crippen LogP contribution in [0, 0.1) is 0 Å². The molecule has 0 unspecified atom stereocenters. The van der Waals surface area contributed by atoms with Gasteiger partial charge < -0.3 is 10.1 Å². The van der Waals surface area contributed by atoms with Crippen LogP contribution in [0.15, 0.2) is 79.0 Å². The van der Waals surface area contributed by atoms with E-state index in [0.29, 0.717) is 23.2 Å². The second-order valence-electron chi connectivity index (χ2n) is 5.52. The monoisotopic (exact) mass is 364 g/mol. The average molecular weight is 365 g/mol. The Morgan fingerprint density at radius 3 is 2.69 bits per heavy atom. The molecule has 0 bridgehead atoms. The number of halogens is 1. The van der Waals surface area contributed by atoms with Crippen LogP contribution in [0.1, 0.15) is 11.1 Å². The first-order valence-electron chi connectivity index (χ1n) is 8.08. The van der Waals surface area contributed by atoms with Gasteiger partial charge in [-0.25, -0.2) is 4.98 Å². The van der Waals surface area contributed by atoms with E-state index in [-0.39, 0.29) is 5.91 Å². The number of ether oxygens (including phenoxy) is 1. The normalized spacial score (nSPS) is 10.7. The van der Waals surface area contributed by atoms with Crippen LogP contribution >= 0.6 is 11.6 Å². The van der Waals surface area contributed by atoms with Crippen LogP contribution in [-0.4, -0.2) is 10.9 Å². The van der Waals surface area contributed by atoms with Gasteiger partial charge in [-0.1, -0.05) is 41.9 Å². The molecule has 1 amide bonds. The summed E-state index contributed by atoms with van der Waals surface area (Å²) in [6.45, 7) is 0.406. The molecule has 3 rings (SSSR count). The molecule has 0 saturated carbocycles. The van der Waals surface area contributed by atoms with E-state index < -0.39 is 0 Å². The van der Waals surface area contributed by atoms with Gasteiger partial charge in [-0.15, -0.1) is 0 Å². The number of pyridine rings is 1. The van der Waals surface area contributed by atoms with E-state index in [2.05, 4.69) is 10.3 Å². The number of nitrogens with one attached hydrogen (secondary N) is 1. The lowest BCUT2D eigenvalue weighted by molar-refractivity contribution is -0.116. The van der Waals surface area contributed by atoms with Gasteiger partial charge in [0, 0.05) is 29.9 Å². The number of nitrogens with zero attached hydrogens (tertiary/aromatic N) is 1. The molecule has 0 atom stereocenters. The Morgan fingerprint density at radius 1 is 1.08 bits per heavy atom. The summed E-state index contributed by atoms with van der Waals surface area (Å²) >= 11 is 5.84. The minimum Gasteiger partial charge on any atom is -0.439 e. The smallest absolute Gasteiger partial charge is 0.244 e. The zero-order chi connectivity index (χ0) is 18.2. The summed E-state index contributed by atoms with van der Waals surface area (Å²) < 4.78 is 5.69. The van der Waals surface area contributed by atoms with E-state index in [1.807, 2.05) is 48.5 Å². The standard InChI is InChI=1S/C21H17ClN2O2/c22-18-10-7-16(8-11-18)9-12-20(25)24-15-17-4-3-5-19(14-17)26-21-6-1-2-13-23-21/h1-14H,15H2,(H,24,25)/b12-9+. The Kier molecular flexibility index (Phi) is 6.01. The molecule has 130 valence electrons. The molecule has 5 heteroatoms. The van der Waals surface area contributed by atoms with Gasteiger partial charge in [-0.3, -0.25) is 4.79 Å².